The van der Waals surface area contributed by atoms with Crippen LogP contribution in [0.25, 0.3) is 28.5 Å². The number of aromatic nitrogens is 1. The first-order chi connectivity index (χ1) is 11.7. The zero-order chi connectivity index (χ0) is 16.5. The van der Waals surface area contributed by atoms with Crippen molar-refractivity contribution in [3.8, 4) is 22.4 Å². The van der Waals surface area contributed by atoms with Crippen molar-refractivity contribution in [2.24, 2.45) is 0 Å². The highest BCUT2D eigenvalue weighted by atomic mass is 19.1. The Morgan fingerprint density at radius 1 is 1.00 bits per heavy atom. The molecular formula is C21H17FN2. The summed E-state index contributed by atoms with van der Waals surface area (Å²) in [5.74, 6) is -0.254. The fourth-order valence-electron chi connectivity index (χ4n) is 3.04. The number of benzene rings is 2. The number of rotatable bonds is 2. The predicted molar refractivity (Wildman–Crippen MR) is 97.2 cm³/mol. The van der Waals surface area contributed by atoms with Crippen LogP contribution >= 0.6 is 0 Å². The molecule has 24 heavy (non-hydrogen) atoms. The Bertz CT molecular complexity index is 931. The largest absolute Gasteiger partial charge is 0.379 e. The smallest absolute Gasteiger partial charge is 0.123 e. The molecule has 0 bridgehead atoms. The lowest BCUT2D eigenvalue weighted by atomic mass is 9.96. The molecule has 3 heteroatoms. The molecule has 0 radical (unpaired) electrons. The molecule has 1 aromatic heterocycles. The maximum Gasteiger partial charge on any atom is 0.123 e. The summed E-state index contributed by atoms with van der Waals surface area (Å²) in [4.78, 5) is 4.49. The first kappa shape index (κ1) is 14.6. The van der Waals surface area contributed by atoms with E-state index in [0.29, 0.717) is 6.04 Å². The Kier molecular flexibility index (Phi) is 3.62. The van der Waals surface area contributed by atoms with Gasteiger partial charge >= 0.3 is 0 Å². The molecule has 1 N–H and O–H groups in total. The SMILES string of the molecule is CC1C=Cc2ccc(-c3cccnc3-c3cccc(F)c3)cc2N1. The minimum Gasteiger partial charge on any atom is -0.379 e. The van der Waals surface area contributed by atoms with Gasteiger partial charge in [0.05, 0.1) is 5.69 Å². The molecule has 0 saturated carbocycles. The van der Waals surface area contributed by atoms with Gasteiger partial charge in [-0.25, -0.2) is 4.39 Å². The van der Waals surface area contributed by atoms with Crippen LogP contribution in [0.5, 0.6) is 0 Å². The lowest BCUT2D eigenvalue weighted by molar-refractivity contribution is 0.628. The van der Waals surface area contributed by atoms with E-state index in [-0.39, 0.29) is 5.82 Å². The van der Waals surface area contributed by atoms with Gasteiger partial charge in [0.2, 0.25) is 0 Å². The minimum absolute atomic E-state index is 0.254. The van der Waals surface area contributed by atoms with Crippen LogP contribution < -0.4 is 5.32 Å². The summed E-state index contributed by atoms with van der Waals surface area (Å²) in [6.07, 6.45) is 6.02. The number of nitrogens with zero attached hydrogens (tertiary/aromatic N) is 1. The number of nitrogens with one attached hydrogen (secondary N) is 1. The van der Waals surface area contributed by atoms with Crippen LogP contribution in [0.3, 0.4) is 0 Å². The highest BCUT2D eigenvalue weighted by Gasteiger charge is 2.13. The van der Waals surface area contributed by atoms with Crippen molar-refractivity contribution in [2.45, 2.75) is 13.0 Å². The zero-order valence-corrected chi connectivity index (χ0v) is 13.3. The lowest BCUT2D eigenvalue weighted by Crippen LogP contribution is -2.15. The zero-order valence-electron chi connectivity index (χ0n) is 13.3. The summed E-state index contributed by atoms with van der Waals surface area (Å²) in [6.45, 7) is 2.12. The van der Waals surface area contributed by atoms with Crippen molar-refractivity contribution in [3.63, 3.8) is 0 Å². The topological polar surface area (TPSA) is 24.9 Å². The van der Waals surface area contributed by atoms with Gasteiger partial charge in [0.25, 0.3) is 0 Å². The Balaban J connectivity index is 1.84. The van der Waals surface area contributed by atoms with Gasteiger partial charge in [-0.2, -0.15) is 0 Å². The highest BCUT2D eigenvalue weighted by molar-refractivity contribution is 5.84. The Hall–Kier alpha value is -2.94. The van der Waals surface area contributed by atoms with Crippen molar-refractivity contribution in [3.05, 3.63) is 78.3 Å². The van der Waals surface area contributed by atoms with Crippen molar-refractivity contribution in [1.29, 1.82) is 0 Å². The molecule has 4 rings (SSSR count). The molecule has 0 aliphatic carbocycles. The van der Waals surface area contributed by atoms with Gasteiger partial charge in [0, 0.05) is 29.1 Å². The fourth-order valence-corrected chi connectivity index (χ4v) is 3.04. The molecule has 1 aliphatic heterocycles. The molecule has 118 valence electrons. The third kappa shape index (κ3) is 2.69. The van der Waals surface area contributed by atoms with Gasteiger partial charge in [-0.3, -0.25) is 4.98 Å². The molecule has 2 nitrogen and oxygen atoms in total. The molecule has 0 amide bonds. The van der Waals surface area contributed by atoms with E-state index in [9.17, 15) is 4.39 Å². The van der Waals surface area contributed by atoms with E-state index in [2.05, 4.69) is 47.6 Å². The summed E-state index contributed by atoms with van der Waals surface area (Å²) in [5.41, 5.74) is 5.91. The van der Waals surface area contributed by atoms with E-state index in [4.69, 9.17) is 0 Å². The summed E-state index contributed by atoms with van der Waals surface area (Å²) < 4.78 is 13.6. The minimum atomic E-state index is -0.254. The van der Waals surface area contributed by atoms with Gasteiger partial charge in [-0.15, -0.1) is 0 Å². The molecule has 2 aromatic carbocycles. The average Bonchev–Trinajstić information content (AvgIpc) is 2.61. The van der Waals surface area contributed by atoms with Gasteiger partial charge in [0.1, 0.15) is 5.82 Å². The average molecular weight is 316 g/mol. The van der Waals surface area contributed by atoms with Crippen LogP contribution in [-0.2, 0) is 0 Å². The summed E-state index contributed by atoms with van der Waals surface area (Å²) in [7, 11) is 0. The number of fused-ring (bicyclic) bond motifs is 1. The van der Waals surface area contributed by atoms with Gasteiger partial charge < -0.3 is 5.32 Å². The quantitative estimate of drug-likeness (QED) is 0.686. The van der Waals surface area contributed by atoms with Crippen LogP contribution in [0, 0.1) is 5.82 Å². The molecule has 2 heterocycles. The van der Waals surface area contributed by atoms with Gasteiger partial charge in [-0.1, -0.05) is 42.5 Å². The molecule has 0 fully saturated rings. The third-order valence-corrected chi connectivity index (χ3v) is 4.22. The van der Waals surface area contributed by atoms with Crippen LogP contribution in [-0.4, -0.2) is 11.0 Å². The summed E-state index contributed by atoms with van der Waals surface area (Å²) in [5, 5.41) is 3.47. The fraction of sp³-hybridized carbons (Fsp3) is 0.0952. The second kappa shape index (κ2) is 5.93. The Labute approximate surface area is 140 Å². The summed E-state index contributed by atoms with van der Waals surface area (Å²) in [6, 6.07) is 17.1. The van der Waals surface area contributed by atoms with Crippen molar-refractivity contribution >= 4 is 11.8 Å². The van der Waals surface area contributed by atoms with E-state index >= 15 is 0 Å². The maximum absolute atomic E-state index is 13.6. The lowest BCUT2D eigenvalue weighted by Gasteiger charge is -2.20. The second-order valence-electron chi connectivity index (χ2n) is 6.00. The molecule has 0 spiro atoms. The number of hydrogen-bond donors (Lipinski definition) is 1. The molecule has 1 aliphatic rings. The van der Waals surface area contributed by atoms with Crippen molar-refractivity contribution in [2.75, 3.05) is 5.32 Å². The second-order valence-corrected chi connectivity index (χ2v) is 6.00. The molecule has 1 unspecified atom stereocenters. The maximum atomic E-state index is 13.6. The highest BCUT2D eigenvalue weighted by Crippen LogP contribution is 2.34. The van der Waals surface area contributed by atoms with Gasteiger partial charge in [-0.05, 0) is 42.3 Å². The van der Waals surface area contributed by atoms with Crippen LogP contribution in [0.2, 0.25) is 0 Å². The van der Waals surface area contributed by atoms with Crippen molar-refractivity contribution in [1.82, 2.24) is 4.98 Å². The molecule has 0 saturated heterocycles. The van der Waals surface area contributed by atoms with Crippen LogP contribution in [0.1, 0.15) is 12.5 Å². The van der Waals surface area contributed by atoms with E-state index in [0.717, 1.165) is 28.1 Å². The monoisotopic (exact) mass is 316 g/mol. The number of halogens is 1. The first-order valence-electron chi connectivity index (χ1n) is 8.01. The third-order valence-electron chi connectivity index (χ3n) is 4.22. The van der Waals surface area contributed by atoms with Crippen LogP contribution in [0.15, 0.2) is 66.9 Å². The Morgan fingerprint density at radius 2 is 1.92 bits per heavy atom. The van der Waals surface area contributed by atoms with E-state index < -0.39 is 0 Å². The van der Waals surface area contributed by atoms with Crippen LogP contribution in [0.4, 0.5) is 10.1 Å². The molecule has 1 atom stereocenters. The predicted octanol–water partition coefficient (Wildman–Crippen LogP) is 5.38. The molecule has 3 aromatic rings. The standard InChI is InChI=1S/C21H17FN2/c1-14-7-8-15-9-10-16(13-20(15)24-14)19-6-3-11-23-21(19)17-4-2-5-18(22)12-17/h2-14,24H,1H3. The molecular weight excluding hydrogens is 299 g/mol. The van der Waals surface area contributed by atoms with Gasteiger partial charge in [0.15, 0.2) is 0 Å². The number of anilines is 1. The number of pyridine rings is 1. The van der Waals surface area contributed by atoms with Crippen molar-refractivity contribution < 1.29 is 4.39 Å². The van der Waals surface area contributed by atoms with E-state index in [1.54, 1.807) is 12.3 Å². The first-order valence-corrected chi connectivity index (χ1v) is 8.01. The normalized spacial score (nSPS) is 15.7. The van der Waals surface area contributed by atoms with E-state index in [1.165, 1.54) is 17.7 Å². The summed E-state index contributed by atoms with van der Waals surface area (Å²) >= 11 is 0. The number of hydrogen-bond acceptors (Lipinski definition) is 2. The Morgan fingerprint density at radius 3 is 2.79 bits per heavy atom. The van der Waals surface area contributed by atoms with E-state index in [1.807, 2.05) is 18.2 Å².